The van der Waals surface area contributed by atoms with E-state index in [0.29, 0.717) is 6.54 Å². The first kappa shape index (κ1) is 10.4. The van der Waals surface area contributed by atoms with E-state index in [1.165, 1.54) is 0 Å². The maximum atomic E-state index is 10.4. The molecule has 0 amide bonds. The van der Waals surface area contributed by atoms with E-state index in [1.54, 1.807) is 0 Å². The zero-order valence-corrected chi connectivity index (χ0v) is 7.65. The number of nitrogens with zero attached hydrogens (tertiary/aromatic N) is 2. The number of aliphatic carboxylic acids is 1. The highest BCUT2D eigenvalue weighted by Crippen LogP contribution is 2.03. The molecule has 1 fully saturated rings. The molecular formula is C8H16N3O2. The number of carboxylic acid groups (broad SMARTS) is 1. The molecule has 1 radical (unpaired) electrons. The van der Waals surface area contributed by atoms with Gasteiger partial charge in [0.1, 0.15) is 0 Å². The Hall–Kier alpha value is -0.650. The third-order valence-electron chi connectivity index (χ3n) is 2.09. The highest BCUT2D eigenvalue weighted by Gasteiger charge is 2.17. The topological polar surface area (TPSA) is 69.8 Å². The van der Waals surface area contributed by atoms with Gasteiger partial charge in [-0.2, -0.15) is 0 Å². The highest BCUT2D eigenvalue weighted by molar-refractivity contribution is 5.69. The molecule has 0 bridgehead atoms. The fourth-order valence-corrected chi connectivity index (χ4v) is 1.39. The second-order valence-electron chi connectivity index (χ2n) is 3.14. The van der Waals surface area contributed by atoms with Gasteiger partial charge in [-0.1, -0.05) is 0 Å². The molecular weight excluding hydrogens is 170 g/mol. The summed E-state index contributed by atoms with van der Waals surface area (Å²) in [5.41, 5.74) is 5.41. The summed E-state index contributed by atoms with van der Waals surface area (Å²) in [5.74, 6) is -0.775. The van der Waals surface area contributed by atoms with Gasteiger partial charge in [0.05, 0.1) is 6.54 Å². The summed E-state index contributed by atoms with van der Waals surface area (Å²) in [4.78, 5) is 14.4. The van der Waals surface area contributed by atoms with Crippen molar-refractivity contribution >= 4 is 5.97 Å². The van der Waals surface area contributed by atoms with Crippen molar-refractivity contribution in [1.82, 2.24) is 9.80 Å². The Kier molecular flexibility index (Phi) is 4.14. The number of carbonyl (C=O) groups is 1. The van der Waals surface area contributed by atoms with Gasteiger partial charge in [0.25, 0.3) is 0 Å². The molecule has 0 aliphatic carbocycles. The SMILES string of the molecule is NCCN1C[CH]N(CC(=O)O)CC1. The first-order valence-corrected chi connectivity index (χ1v) is 4.44. The number of hydrogen-bond donors (Lipinski definition) is 2. The van der Waals surface area contributed by atoms with Crippen molar-refractivity contribution in [3.05, 3.63) is 6.54 Å². The lowest BCUT2D eigenvalue weighted by molar-refractivity contribution is -0.138. The van der Waals surface area contributed by atoms with Gasteiger partial charge in [0.2, 0.25) is 0 Å². The van der Waals surface area contributed by atoms with Gasteiger partial charge in [-0.25, -0.2) is 0 Å². The molecule has 0 unspecified atom stereocenters. The lowest BCUT2D eigenvalue weighted by atomic mass is 10.3. The van der Waals surface area contributed by atoms with Crippen molar-refractivity contribution in [3.63, 3.8) is 0 Å². The zero-order valence-electron chi connectivity index (χ0n) is 7.65. The molecule has 1 saturated heterocycles. The van der Waals surface area contributed by atoms with Gasteiger partial charge in [-0.3, -0.25) is 14.6 Å². The van der Waals surface area contributed by atoms with Gasteiger partial charge in [-0.15, -0.1) is 0 Å². The van der Waals surface area contributed by atoms with Crippen LogP contribution in [0.15, 0.2) is 0 Å². The van der Waals surface area contributed by atoms with Crippen LogP contribution in [-0.2, 0) is 4.79 Å². The van der Waals surface area contributed by atoms with Crippen LogP contribution in [0, 0.1) is 6.54 Å². The van der Waals surface area contributed by atoms with Crippen LogP contribution in [0.25, 0.3) is 0 Å². The van der Waals surface area contributed by atoms with E-state index in [-0.39, 0.29) is 6.54 Å². The normalized spacial score (nSPS) is 20.4. The molecule has 75 valence electrons. The summed E-state index contributed by atoms with van der Waals surface area (Å²) >= 11 is 0. The number of carboxylic acids is 1. The second kappa shape index (κ2) is 5.16. The molecule has 1 heterocycles. The van der Waals surface area contributed by atoms with Crippen molar-refractivity contribution in [2.75, 3.05) is 39.3 Å². The van der Waals surface area contributed by atoms with Gasteiger partial charge in [0, 0.05) is 39.3 Å². The summed E-state index contributed by atoms with van der Waals surface area (Å²) in [6.07, 6.45) is 0. The summed E-state index contributed by atoms with van der Waals surface area (Å²) in [6, 6.07) is 0. The lowest BCUT2D eigenvalue weighted by Crippen LogP contribution is -2.46. The minimum absolute atomic E-state index is 0.108. The van der Waals surface area contributed by atoms with Gasteiger partial charge >= 0.3 is 5.97 Å². The number of hydrogen-bond acceptors (Lipinski definition) is 4. The summed E-state index contributed by atoms with van der Waals surface area (Å²) < 4.78 is 0. The van der Waals surface area contributed by atoms with E-state index in [9.17, 15) is 4.79 Å². The molecule has 5 nitrogen and oxygen atoms in total. The maximum Gasteiger partial charge on any atom is 0.317 e. The summed E-state index contributed by atoms with van der Waals surface area (Å²) in [6.45, 7) is 6.08. The Morgan fingerprint density at radius 2 is 2.31 bits per heavy atom. The van der Waals surface area contributed by atoms with Crippen molar-refractivity contribution in [1.29, 1.82) is 0 Å². The molecule has 0 aromatic rings. The van der Waals surface area contributed by atoms with E-state index in [4.69, 9.17) is 10.8 Å². The molecule has 0 atom stereocenters. The van der Waals surface area contributed by atoms with Crippen LogP contribution in [-0.4, -0.2) is 60.1 Å². The highest BCUT2D eigenvalue weighted by atomic mass is 16.4. The number of rotatable bonds is 4. The quantitative estimate of drug-likeness (QED) is 0.577. The Labute approximate surface area is 78.1 Å². The van der Waals surface area contributed by atoms with E-state index in [0.717, 1.165) is 26.2 Å². The molecule has 0 aromatic carbocycles. The summed E-state index contributed by atoms with van der Waals surface area (Å²) in [7, 11) is 0. The Morgan fingerprint density at radius 3 is 2.77 bits per heavy atom. The summed E-state index contributed by atoms with van der Waals surface area (Å²) in [5, 5.41) is 8.54. The molecule has 0 spiro atoms. The van der Waals surface area contributed by atoms with Crippen LogP contribution < -0.4 is 5.73 Å². The fraction of sp³-hybridized carbons (Fsp3) is 0.750. The molecule has 5 heteroatoms. The van der Waals surface area contributed by atoms with Crippen LogP contribution in [0.5, 0.6) is 0 Å². The second-order valence-corrected chi connectivity index (χ2v) is 3.14. The molecule has 3 N–H and O–H groups in total. The largest absolute Gasteiger partial charge is 0.480 e. The van der Waals surface area contributed by atoms with Crippen LogP contribution >= 0.6 is 0 Å². The number of nitrogens with two attached hydrogens (primary N) is 1. The average Bonchev–Trinajstić information content (AvgIpc) is 2.08. The Balaban J connectivity index is 2.18. The zero-order chi connectivity index (χ0) is 9.68. The van der Waals surface area contributed by atoms with Crippen molar-refractivity contribution in [3.8, 4) is 0 Å². The standard InChI is InChI=1S/C8H16N3O2/c9-1-2-10-3-5-11(6-4-10)7-8(12)13/h5H,1-4,6-7,9H2,(H,12,13). The van der Waals surface area contributed by atoms with Gasteiger partial charge in [-0.05, 0) is 0 Å². The first-order chi connectivity index (χ1) is 6.22. The Morgan fingerprint density at radius 1 is 1.54 bits per heavy atom. The molecule has 0 aromatic heterocycles. The van der Waals surface area contributed by atoms with Crippen LogP contribution in [0.3, 0.4) is 0 Å². The predicted octanol–water partition coefficient (Wildman–Crippen LogP) is -1.19. The smallest absolute Gasteiger partial charge is 0.317 e. The van der Waals surface area contributed by atoms with Crippen molar-refractivity contribution in [2.45, 2.75) is 0 Å². The lowest BCUT2D eigenvalue weighted by Gasteiger charge is -2.32. The third-order valence-corrected chi connectivity index (χ3v) is 2.09. The monoisotopic (exact) mass is 186 g/mol. The number of piperazine rings is 1. The van der Waals surface area contributed by atoms with E-state index in [2.05, 4.69) is 4.90 Å². The molecule has 1 aliphatic rings. The van der Waals surface area contributed by atoms with E-state index >= 15 is 0 Å². The van der Waals surface area contributed by atoms with E-state index < -0.39 is 5.97 Å². The minimum atomic E-state index is -0.775. The molecule has 13 heavy (non-hydrogen) atoms. The van der Waals surface area contributed by atoms with E-state index in [1.807, 2.05) is 11.4 Å². The molecule has 0 saturated carbocycles. The Bertz CT molecular complexity index is 167. The van der Waals surface area contributed by atoms with Crippen LogP contribution in [0.4, 0.5) is 0 Å². The minimum Gasteiger partial charge on any atom is -0.480 e. The van der Waals surface area contributed by atoms with Crippen molar-refractivity contribution in [2.24, 2.45) is 5.73 Å². The average molecular weight is 186 g/mol. The molecule has 1 aliphatic heterocycles. The van der Waals surface area contributed by atoms with Crippen LogP contribution in [0.1, 0.15) is 0 Å². The van der Waals surface area contributed by atoms with Crippen LogP contribution in [0.2, 0.25) is 0 Å². The first-order valence-electron chi connectivity index (χ1n) is 4.44. The maximum absolute atomic E-state index is 10.4. The van der Waals surface area contributed by atoms with Crippen molar-refractivity contribution < 1.29 is 9.90 Å². The van der Waals surface area contributed by atoms with Gasteiger partial charge < -0.3 is 10.8 Å². The molecule has 1 rings (SSSR count). The fourth-order valence-electron chi connectivity index (χ4n) is 1.39. The third kappa shape index (κ3) is 3.71. The van der Waals surface area contributed by atoms with Gasteiger partial charge in [0.15, 0.2) is 0 Å². The predicted molar refractivity (Wildman–Crippen MR) is 49.0 cm³/mol.